The SMILES string of the molecule is CN(CC(=O)N1CC[NH+](C)CC1)C(=O)c1ccc(N2CCCCC2=O)cc1. The van der Waals surface area contributed by atoms with Gasteiger partial charge < -0.3 is 19.6 Å². The van der Waals surface area contributed by atoms with E-state index in [9.17, 15) is 14.4 Å². The number of amides is 3. The lowest BCUT2D eigenvalue weighted by atomic mass is 10.1. The summed E-state index contributed by atoms with van der Waals surface area (Å²) in [4.78, 5) is 43.6. The lowest BCUT2D eigenvalue weighted by Crippen LogP contribution is -3.12. The van der Waals surface area contributed by atoms with E-state index in [1.54, 1.807) is 24.1 Å². The van der Waals surface area contributed by atoms with Crippen LogP contribution in [0.2, 0.25) is 0 Å². The molecule has 0 radical (unpaired) electrons. The van der Waals surface area contributed by atoms with Crippen LogP contribution in [0.5, 0.6) is 0 Å². The Balaban J connectivity index is 1.58. The summed E-state index contributed by atoms with van der Waals surface area (Å²) in [6.45, 7) is 4.19. The van der Waals surface area contributed by atoms with Crippen molar-refractivity contribution in [1.29, 1.82) is 0 Å². The second-order valence-electron chi connectivity index (χ2n) is 7.55. The third-order valence-corrected chi connectivity index (χ3v) is 5.44. The summed E-state index contributed by atoms with van der Waals surface area (Å²) < 4.78 is 0. The normalized spacial score (nSPS) is 18.5. The Hall–Kier alpha value is -2.41. The zero-order chi connectivity index (χ0) is 19.4. The van der Waals surface area contributed by atoms with Crippen molar-refractivity contribution >= 4 is 23.4 Å². The number of piperidine rings is 1. The molecule has 0 unspecified atom stereocenters. The number of carbonyl (C=O) groups excluding carboxylic acids is 3. The van der Waals surface area contributed by atoms with Crippen molar-refractivity contribution in [2.24, 2.45) is 0 Å². The van der Waals surface area contributed by atoms with Crippen LogP contribution >= 0.6 is 0 Å². The molecule has 2 aliphatic heterocycles. The van der Waals surface area contributed by atoms with E-state index in [2.05, 4.69) is 7.05 Å². The first-order valence-corrected chi connectivity index (χ1v) is 9.70. The zero-order valence-electron chi connectivity index (χ0n) is 16.2. The number of carbonyl (C=O) groups is 3. The van der Waals surface area contributed by atoms with Crippen LogP contribution in [0.3, 0.4) is 0 Å². The molecule has 0 spiro atoms. The molecule has 1 aromatic carbocycles. The number of anilines is 1. The Morgan fingerprint density at radius 3 is 2.37 bits per heavy atom. The van der Waals surface area contributed by atoms with Crippen LogP contribution in [0.25, 0.3) is 0 Å². The van der Waals surface area contributed by atoms with Gasteiger partial charge in [0.05, 0.1) is 39.8 Å². The average Bonchev–Trinajstić information content (AvgIpc) is 2.68. The largest absolute Gasteiger partial charge is 0.334 e. The van der Waals surface area contributed by atoms with E-state index in [1.807, 2.05) is 17.0 Å². The molecule has 27 heavy (non-hydrogen) atoms. The van der Waals surface area contributed by atoms with Gasteiger partial charge in [0, 0.05) is 31.3 Å². The first kappa shape index (κ1) is 19.4. The number of rotatable bonds is 4. The molecule has 2 aliphatic rings. The quantitative estimate of drug-likeness (QED) is 0.783. The Kier molecular flexibility index (Phi) is 6.11. The summed E-state index contributed by atoms with van der Waals surface area (Å²) in [5.74, 6) is -0.0504. The van der Waals surface area contributed by atoms with Gasteiger partial charge in [-0.2, -0.15) is 0 Å². The molecule has 3 amide bonds. The van der Waals surface area contributed by atoms with Crippen LogP contribution in [0, 0.1) is 0 Å². The molecular formula is C20H29N4O3+. The molecular weight excluding hydrogens is 344 g/mol. The number of nitrogens with zero attached hydrogens (tertiary/aromatic N) is 3. The lowest BCUT2D eigenvalue weighted by molar-refractivity contribution is -0.883. The minimum atomic E-state index is -0.181. The molecule has 0 aromatic heterocycles. The van der Waals surface area contributed by atoms with Crippen LogP contribution in [-0.4, -0.2) is 80.9 Å². The molecule has 7 heteroatoms. The number of hydrogen-bond acceptors (Lipinski definition) is 3. The second kappa shape index (κ2) is 8.52. The monoisotopic (exact) mass is 373 g/mol. The Bertz CT molecular complexity index is 696. The maximum atomic E-state index is 12.6. The van der Waals surface area contributed by atoms with E-state index in [4.69, 9.17) is 0 Å². The number of likely N-dealkylation sites (N-methyl/N-ethyl adjacent to an activating group) is 2. The van der Waals surface area contributed by atoms with Gasteiger partial charge >= 0.3 is 0 Å². The van der Waals surface area contributed by atoms with Crippen LogP contribution in [0.4, 0.5) is 5.69 Å². The molecule has 146 valence electrons. The third kappa shape index (κ3) is 4.66. The smallest absolute Gasteiger partial charge is 0.254 e. The first-order chi connectivity index (χ1) is 13.0. The van der Waals surface area contributed by atoms with Gasteiger partial charge in [0.15, 0.2) is 0 Å². The highest BCUT2D eigenvalue weighted by Gasteiger charge is 2.24. The van der Waals surface area contributed by atoms with Gasteiger partial charge in [0.1, 0.15) is 0 Å². The molecule has 0 atom stereocenters. The van der Waals surface area contributed by atoms with E-state index in [-0.39, 0.29) is 24.3 Å². The fourth-order valence-electron chi connectivity index (χ4n) is 3.60. The van der Waals surface area contributed by atoms with E-state index in [0.29, 0.717) is 12.0 Å². The fraction of sp³-hybridized carbons (Fsp3) is 0.550. The van der Waals surface area contributed by atoms with Gasteiger partial charge in [-0.1, -0.05) is 0 Å². The fourth-order valence-corrected chi connectivity index (χ4v) is 3.60. The maximum Gasteiger partial charge on any atom is 0.254 e. The van der Waals surface area contributed by atoms with E-state index < -0.39 is 0 Å². The van der Waals surface area contributed by atoms with Gasteiger partial charge in [-0.15, -0.1) is 0 Å². The molecule has 1 N–H and O–H groups in total. The highest BCUT2D eigenvalue weighted by molar-refractivity contribution is 5.98. The molecule has 3 rings (SSSR count). The number of hydrogen-bond donors (Lipinski definition) is 1. The number of quaternary nitrogens is 1. The van der Waals surface area contributed by atoms with Crippen LogP contribution < -0.4 is 9.80 Å². The van der Waals surface area contributed by atoms with Crippen molar-refractivity contribution in [3.05, 3.63) is 29.8 Å². The summed E-state index contributed by atoms with van der Waals surface area (Å²) >= 11 is 0. The minimum Gasteiger partial charge on any atom is -0.334 e. The van der Waals surface area contributed by atoms with Gasteiger partial charge in [0.2, 0.25) is 11.8 Å². The summed E-state index contributed by atoms with van der Waals surface area (Å²) in [6, 6.07) is 7.10. The summed E-state index contributed by atoms with van der Waals surface area (Å²) in [7, 11) is 3.78. The third-order valence-electron chi connectivity index (χ3n) is 5.44. The maximum absolute atomic E-state index is 12.6. The second-order valence-corrected chi connectivity index (χ2v) is 7.55. The molecule has 0 aliphatic carbocycles. The van der Waals surface area contributed by atoms with Crippen molar-refractivity contribution in [3.63, 3.8) is 0 Å². The van der Waals surface area contributed by atoms with Gasteiger partial charge in [-0.05, 0) is 37.1 Å². The Labute approximate surface area is 160 Å². The summed E-state index contributed by atoms with van der Waals surface area (Å²) in [6.07, 6.45) is 2.53. The summed E-state index contributed by atoms with van der Waals surface area (Å²) in [5, 5.41) is 0. The van der Waals surface area contributed by atoms with Gasteiger partial charge in [0.25, 0.3) is 5.91 Å². The van der Waals surface area contributed by atoms with Crippen LogP contribution in [0.15, 0.2) is 24.3 Å². The van der Waals surface area contributed by atoms with Gasteiger partial charge in [-0.3, -0.25) is 14.4 Å². The molecule has 1 aromatic rings. The molecule has 2 fully saturated rings. The molecule has 2 saturated heterocycles. The predicted molar refractivity (Wildman–Crippen MR) is 103 cm³/mol. The van der Waals surface area contributed by atoms with Gasteiger partial charge in [-0.25, -0.2) is 0 Å². The first-order valence-electron chi connectivity index (χ1n) is 9.70. The Morgan fingerprint density at radius 2 is 1.74 bits per heavy atom. The van der Waals surface area contributed by atoms with Crippen LogP contribution in [-0.2, 0) is 9.59 Å². The highest BCUT2D eigenvalue weighted by atomic mass is 16.2. The number of benzene rings is 1. The molecule has 2 heterocycles. The number of nitrogens with one attached hydrogen (secondary N) is 1. The molecule has 0 saturated carbocycles. The molecule has 0 bridgehead atoms. The standard InChI is InChI=1S/C20H28N4O3/c1-21-11-13-23(14-12-21)19(26)15-22(2)20(27)16-6-8-17(9-7-16)24-10-4-3-5-18(24)25/h6-9H,3-5,10-15H2,1-2H3/p+1. The molecule has 7 nitrogen and oxygen atoms in total. The van der Waals surface area contributed by atoms with E-state index in [0.717, 1.165) is 51.3 Å². The summed E-state index contributed by atoms with van der Waals surface area (Å²) in [5.41, 5.74) is 1.36. The van der Waals surface area contributed by atoms with Crippen molar-refractivity contribution in [2.45, 2.75) is 19.3 Å². The zero-order valence-corrected chi connectivity index (χ0v) is 16.2. The predicted octanol–water partition coefficient (Wildman–Crippen LogP) is -0.368. The highest BCUT2D eigenvalue weighted by Crippen LogP contribution is 2.21. The van der Waals surface area contributed by atoms with E-state index >= 15 is 0 Å². The topological polar surface area (TPSA) is 65.4 Å². The lowest BCUT2D eigenvalue weighted by Gasteiger charge is -2.31. The van der Waals surface area contributed by atoms with Crippen LogP contribution in [0.1, 0.15) is 29.6 Å². The average molecular weight is 373 g/mol. The Morgan fingerprint density at radius 1 is 1.07 bits per heavy atom. The van der Waals surface area contributed by atoms with E-state index in [1.165, 1.54) is 9.80 Å². The van der Waals surface area contributed by atoms with Crippen molar-refractivity contribution < 1.29 is 19.3 Å². The van der Waals surface area contributed by atoms with Crippen molar-refractivity contribution in [3.8, 4) is 0 Å². The van der Waals surface area contributed by atoms with Crippen molar-refractivity contribution in [1.82, 2.24) is 9.80 Å². The van der Waals surface area contributed by atoms with Crippen molar-refractivity contribution in [2.75, 3.05) is 58.3 Å². The minimum absolute atomic E-state index is 0.00566. The number of piperazine rings is 1.